The molecule has 0 unspecified atom stereocenters. The maximum atomic E-state index is 12.8. The van der Waals surface area contributed by atoms with Gasteiger partial charge in [0.15, 0.2) is 16.3 Å². The first-order valence-electron chi connectivity index (χ1n) is 9.30. The number of esters is 1. The minimum Gasteiger partial charge on any atom is -0.465 e. The number of rotatable bonds is 5. The maximum absolute atomic E-state index is 12.8. The van der Waals surface area contributed by atoms with Gasteiger partial charge >= 0.3 is 5.97 Å². The first kappa shape index (κ1) is 20.5. The fraction of sp³-hybridized carbons (Fsp3) is 0.250. The fourth-order valence-electron chi connectivity index (χ4n) is 3.12. The van der Waals surface area contributed by atoms with Crippen molar-refractivity contribution in [3.8, 4) is 11.5 Å². The zero-order valence-corrected chi connectivity index (χ0v) is 17.4. The Balaban J connectivity index is 1.83. The minimum atomic E-state index is -0.660. The molecule has 0 saturated carbocycles. The predicted molar refractivity (Wildman–Crippen MR) is 110 cm³/mol. The highest BCUT2D eigenvalue weighted by Crippen LogP contribution is 2.37. The van der Waals surface area contributed by atoms with Crippen molar-refractivity contribution in [2.45, 2.75) is 20.4 Å². The molecule has 0 bridgehead atoms. The SMILES string of the molecule is CCOC(=O)Cn1c(=NC(=O)c2ccc(C)c([N+](=O)[O-])c2)sc2cc3c(cc21)OCO3. The lowest BCUT2D eigenvalue weighted by Gasteiger charge is -2.06. The van der Waals surface area contributed by atoms with Crippen LogP contribution >= 0.6 is 11.3 Å². The van der Waals surface area contributed by atoms with Gasteiger partial charge in [-0.25, -0.2) is 0 Å². The second-order valence-corrected chi connectivity index (χ2v) is 7.63. The number of carbonyl (C=O) groups is 2. The largest absolute Gasteiger partial charge is 0.465 e. The minimum absolute atomic E-state index is 0.0756. The molecule has 1 aliphatic rings. The number of nitrogens with zero attached hydrogens (tertiary/aromatic N) is 3. The molecule has 3 aromatic rings. The third-order valence-corrected chi connectivity index (χ3v) is 5.66. The predicted octanol–water partition coefficient (Wildman–Crippen LogP) is 2.95. The van der Waals surface area contributed by atoms with E-state index >= 15 is 0 Å². The van der Waals surface area contributed by atoms with Crippen LogP contribution in [0.1, 0.15) is 22.8 Å². The number of fused-ring (bicyclic) bond motifs is 2. The average Bonchev–Trinajstić information content (AvgIpc) is 3.30. The van der Waals surface area contributed by atoms with Gasteiger partial charge in [0.2, 0.25) is 6.79 Å². The molecular weight excluding hydrogens is 426 g/mol. The summed E-state index contributed by atoms with van der Waals surface area (Å²) >= 11 is 1.18. The molecular formula is C20H17N3O7S. The molecule has 0 saturated heterocycles. The van der Waals surface area contributed by atoms with Crippen molar-refractivity contribution < 1.29 is 28.7 Å². The summed E-state index contributed by atoms with van der Waals surface area (Å²) in [6, 6.07) is 7.64. The Bertz CT molecular complexity index is 1290. The van der Waals surface area contributed by atoms with Crippen molar-refractivity contribution in [2.75, 3.05) is 13.4 Å². The van der Waals surface area contributed by atoms with E-state index in [2.05, 4.69) is 4.99 Å². The lowest BCUT2D eigenvalue weighted by Crippen LogP contribution is -2.23. The van der Waals surface area contributed by atoms with Gasteiger partial charge in [-0.2, -0.15) is 4.99 Å². The lowest BCUT2D eigenvalue weighted by atomic mass is 10.1. The molecule has 10 nitrogen and oxygen atoms in total. The molecule has 2 aromatic carbocycles. The molecule has 1 aliphatic heterocycles. The van der Waals surface area contributed by atoms with E-state index in [0.29, 0.717) is 22.6 Å². The Labute approximate surface area is 179 Å². The number of aryl methyl sites for hydroxylation is 1. The van der Waals surface area contributed by atoms with Crippen LogP contribution in [0.2, 0.25) is 0 Å². The first-order chi connectivity index (χ1) is 14.9. The van der Waals surface area contributed by atoms with Gasteiger partial charge in [-0.3, -0.25) is 19.7 Å². The number of amides is 1. The molecule has 2 heterocycles. The number of ether oxygens (including phenoxy) is 3. The van der Waals surface area contributed by atoms with E-state index in [-0.39, 0.29) is 36.0 Å². The Kier molecular flexibility index (Phi) is 5.42. The van der Waals surface area contributed by atoms with Crippen LogP contribution in [0.4, 0.5) is 5.69 Å². The molecule has 0 fully saturated rings. The number of nitro benzene ring substituents is 1. The van der Waals surface area contributed by atoms with E-state index in [9.17, 15) is 19.7 Å². The number of thiazole rings is 1. The lowest BCUT2D eigenvalue weighted by molar-refractivity contribution is -0.385. The van der Waals surface area contributed by atoms with Crippen molar-refractivity contribution in [1.82, 2.24) is 4.57 Å². The maximum Gasteiger partial charge on any atom is 0.326 e. The third-order valence-electron chi connectivity index (χ3n) is 4.62. The molecule has 0 aliphatic carbocycles. The summed E-state index contributed by atoms with van der Waals surface area (Å²) < 4.78 is 18.1. The zero-order chi connectivity index (χ0) is 22.1. The monoisotopic (exact) mass is 443 g/mol. The Hall–Kier alpha value is -3.73. The highest BCUT2D eigenvalue weighted by Gasteiger charge is 2.20. The molecule has 0 atom stereocenters. The van der Waals surface area contributed by atoms with Gasteiger partial charge < -0.3 is 18.8 Å². The van der Waals surface area contributed by atoms with E-state index in [1.807, 2.05) is 0 Å². The van der Waals surface area contributed by atoms with Crippen LogP contribution in [-0.2, 0) is 16.1 Å². The number of aromatic nitrogens is 1. The number of hydrogen-bond acceptors (Lipinski definition) is 8. The van der Waals surface area contributed by atoms with Crippen molar-refractivity contribution in [3.05, 3.63) is 56.4 Å². The summed E-state index contributed by atoms with van der Waals surface area (Å²) in [6.07, 6.45) is 0. The highest BCUT2D eigenvalue weighted by molar-refractivity contribution is 7.16. The molecule has 11 heteroatoms. The topological polar surface area (TPSA) is 122 Å². The number of nitro groups is 1. The summed E-state index contributed by atoms with van der Waals surface area (Å²) in [5, 5.41) is 11.2. The van der Waals surface area contributed by atoms with E-state index < -0.39 is 16.8 Å². The van der Waals surface area contributed by atoms with Crippen LogP contribution in [0.15, 0.2) is 35.3 Å². The second kappa shape index (κ2) is 8.19. The van der Waals surface area contributed by atoms with Gasteiger partial charge in [-0.05, 0) is 19.9 Å². The Morgan fingerprint density at radius 2 is 2.00 bits per heavy atom. The molecule has 31 heavy (non-hydrogen) atoms. The van der Waals surface area contributed by atoms with Crippen LogP contribution in [0.25, 0.3) is 10.2 Å². The van der Waals surface area contributed by atoms with Crippen molar-refractivity contribution in [2.24, 2.45) is 4.99 Å². The zero-order valence-electron chi connectivity index (χ0n) is 16.6. The molecule has 160 valence electrons. The van der Waals surface area contributed by atoms with Gasteiger partial charge in [0, 0.05) is 29.3 Å². The van der Waals surface area contributed by atoms with E-state index in [4.69, 9.17) is 14.2 Å². The van der Waals surface area contributed by atoms with E-state index in [1.165, 1.54) is 29.5 Å². The van der Waals surface area contributed by atoms with Crippen LogP contribution < -0.4 is 14.3 Å². The molecule has 0 radical (unpaired) electrons. The second-order valence-electron chi connectivity index (χ2n) is 6.62. The number of hydrogen-bond donors (Lipinski definition) is 0. The fourth-order valence-corrected chi connectivity index (χ4v) is 4.16. The molecule has 0 N–H and O–H groups in total. The summed E-state index contributed by atoms with van der Waals surface area (Å²) in [7, 11) is 0. The first-order valence-corrected chi connectivity index (χ1v) is 10.1. The molecule has 0 spiro atoms. The van der Waals surface area contributed by atoms with Gasteiger partial charge in [-0.1, -0.05) is 17.4 Å². The van der Waals surface area contributed by atoms with Crippen LogP contribution in [0, 0.1) is 17.0 Å². The summed E-state index contributed by atoms with van der Waals surface area (Å²) in [6.45, 7) is 3.45. The third kappa shape index (κ3) is 3.99. The van der Waals surface area contributed by atoms with Gasteiger partial charge in [0.25, 0.3) is 11.6 Å². The standard InChI is InChI=1S/C20H17N3O7S/c1-3-28-18(24)9-22-14-7-15-16(30-10-29-15)8-17(14)31-20(22)21-19(25)12-5-4-11(2)13(6-12)23(26)27/h4-8H,3,9-10H2,1-2H3. The van der Waals surface area contributed by atoms with Crippen LogP contribution in [0.5, 0.6) is 11.5 Å². The summed E-state index contributed by atoms with van der Waals surface area (Å²) in [5.74, 6) is -0.0638. The number of benzene rings is 2. The van der Waals surface area contributed by atoms with Crippen molar-refractivity contribution in [1.29, 1.82) is 0 Å². The summed E-state index contributed by atoms with van der Waals surface area (Å²) in [5.41, 5.74) is 0.980. The van der Waals surface area contributed by atoms with Crippen LogP contribution in [0.3, 0.4) is 0 Å². The Morgan fingerprint density at radius 1 is 1.26 bits per heavy atom. The van der Waals surface area contributed by atoms with Crippen molar-refractivity contribution in [3.63, 3.8) is 0 Å². The van der Waals surface area contributed by atoms with Gasteiger partial charge in [-0.15, -0.1) is 0 Å². The molecule has 1 amide bonds. The van der Waals surface area contributed by atoms with Crippen LogP contribution in [-0.4, -0.2) is 34.8 Å². The Morgan fingerprint density at radius 3 is 2.71 bits per heavy atom. The highest BCUT2D eigenvalue weighted by atomic mass is 32.1. The van der Waals surface area contributed by atoms with Gasteiger partial charge in [0.1, 0.15) is 6.54 Å². The molecule has 4 rings (SSSR count). The smallest absolute Gasteiger partial charge is 0.326 e. The number of carbonyl (C=O) groups excluding carboxylic acids is 2. The van der Waals surface area contributed by atoms with Gasteiger partial charge in [0.05, 0.1) is 21.7 Å². The average molecular weight is 443 g/mol. The van der Waals surface area contributed by atoms with E-state index in [0.717, 1.165) is 4.70 Å². The molecule has 1 aromatic heterocycles. The summed E-state index contributed by atoms with van der Waals surface area (Å²) in [4.78, 5) is 40.0. The van der Waals surface area contributed by atoms with E-state index in [1.54, 1.807) is 30.5 Å². The van der Waals surface area contributed by atoms with Crippen molar-refractivity contribution >= 4 is 39.1 Å². The quantitative estimate of drug-likeness (QED) is 0.337. The normalized spacial score (nSPS) is 12.9.